The van der Waals surface area contributed by atoms with E-state index in [0.717, 1.165) is 18.4 Å². The number of nitrogen functional groups attached to an aromatic ring is 1. The monoisotopic (exact) mass is 266 g/mol. The summed E-state index contributed by atoms with van der Waals surface area (Å²) in [5, 5.41) is 19.9. The summed E-state index contributed by atoms with van der Waals surface area (Å²) >= 11 is 0. The number of nitrogens with two attached hydrogens (primary N) is 1. The van der Waals surface area contributed by atoms with Gasteiger partial charge >= 0.3 is 0 Å². The second kappa shape index (κ2) is 5.96. The van der Waals surface area contributed by atoms with Gasteiger partial charge in [-0.25, -0.2) is 0 Å². The van der Waals surface area contributed by atoms with Gasteiger partial charge in [0.05, 0.1) is 17.2 Å². The van der Waals surface area contributed by atoms with E-state index in [9.17, 15) is 10.1 Å². The van der Waals surface area contributed by atoms with Gasteiger partial charge in [-0.05, 0) is 24.5 Å². The van der Waals surface area contributed by atoms with Crippen molar-refractivity contribution in [2.75, 3.05) is 18.6 Å². The third-order valence-corrected chi connectivity index (χ3v) is 3.28. The minimum Gasteiger partial charge on any atom is -0.395 e. The molecule has 0 radical (unpaired) electrons. The topological polar surface area (TPSA) is 105 Å². The Morgan fingerprint density at radius 3 is 2.79 bits per heavy atom. The smallest absolute Gasteiger partial charge is 0.269 e. The van der Waals surface area contributed by atoms with Crippen LogP contribution in [0.4, 0.5) is 11.4 Å². The predicted octanol–water partition coefficient (Wildman–Crippen LogP) is 0.837. The molecule has 1 aliphatic rings. The van der Waals surface area contributed by atoms with Crippen molar-refractivity contribution >= 4 is 11.4 Å². The number of aliphatic hydroxyl groups is 1. The standard InChI is InChI=1S/C12H18N4O3/c13-14-12-4-3-11(16(18)19)7-9(12)8-15(5-6-17)10-1-2-10/h3-4,7,10,14,17H,1-2,5-6,8,13H2. The number of nitrogens with one attached hydrogen (secondary N) is 1. The van der Waals surface area contributed by atoms with Crippen LogP contribution in [0, 0.1) is 10.1 Å². The lowest BCUT2D eigenvalue weighted by atomic mass is 10.1. The Hall–Kier alpha value is -1.70. The summed E-state index contributed by atoms with van der Waals surface area (Å²) in [5.41, 5.74) is 4.06. The molecular formula is C12H18N4O3. The van der Waals surface area contributed by atoms with Crippen LogP contribution in [0.5, 0.6) is 0 Å². The van der Waals surface area contributed by atoms with Crippen molar-refractivity contribution in [2.24, 2.45) is 5.84 Å². The second-order valence-corrected chi connectivity index (χ2v) is 4.67. The highest BCUT2D eigenvalue weighted by molar-refractivity contribution is 5.55. The maximum Gasteiger partial charge on any atom is 0.269 e. The van der Waals surface area contributed by atoms with E-state index in [4.69, 9.17) is 10.9 Å². The Labute approximate surface area is 111 Å². The van der Waals surface area contributed by atoms with Gasteiger partial charge in [0.15, 0.2) is 0 Å². The molecule has 1 fully saturated rings. The fraction of sp³-hybridized carbons (Fsp3) is 0.500. The highest BCUT2D eigenvalue weighted by Crippen LogP contribution is 2.30. The molecule has 0 aliphatic heterocycles. The maximum absolute atomic E-state index is 10.8. The molecule has 1 saturated carbocycles. The van der Waals surface area contributed by atoms with Crippen molar-refractivity contribution < 1.29 is 10.0 Å². The first kappa shape index (κ1) is 13.7. The predicted molar refractivity (Wildman–Crippen MR) is 71.4 cm³/mol. The molecule has 4 N–H and O–H groups in total. The van der Waals surface area contributed by atoms with Crippen LogP contribution in [0.25, 0.3) is 0 Å². The third-order valence-electron chi connectivity index (χ3n) is 3.28. The van der Waals surface area contributed by atoms with Gasteiger partial charge in [0.2, 0.25) is 0 Å². The zero-order valence-corrected chi connectivity index (χ0v) is 10.6. The Balaban J connectivity index is 2.20. The molecule has 7 nitrogen and oxygen atoms in total. The van der Waals surface area contributed by atoms with E-state index < -0.39 is 4.92 Å². The van der Waals surface area contributed by atoms with Gasteiger partial charge in [-0.2, -0.15) is 0 Å². The van der Waals surface area contributed by atoms with E-state index in [2.05, 4.69) is 10.3 Å². The van der Waals surface area contributed by atoms with Crippen LogP contribution in [0.2, 0.25) is 0 Å². The van der Waals surface area contributed by atoms with Crippen LogP contribution >= 0.6 is 0 Å². The van der Waals surface area contributed by atoms with E-state index >= 15 is 0 Å². The zero-order chi connectivity index (χ0) is 13.8. The molecular weight excluding hydrogens is 248 g/mol. The van der Waals surface area contributed by atoms with Crippen molar-refractivity contribution in [1.82, 2.24) is 4.90 Å². The molecule has 1 aliphatic carbocycles. The van der Waals surface area contributed by atoms with Gasteiger partial charge in [-0.1, -0.05) is 0 Å². The van der Waals surface area contributed by atoms with Crippen molar-refractivity contribution in [3.63, 3.8) is 0 Å². The fourth-order valence-electron chi connectivity index (χ4n) is 2.14. The largest absolute Gasteiger partial charge is 0.395 e. The summed E-state index contributed by atoms with van der Waals surface area (Å²) in [6.45, 7) is 1.20. The molecule has 0 bridgehead atoms. The molecule has 0 unspecified atom stereocenters. The summed E-state index contributed by atoms with van der Waals surface area (Å²) in [6.07, 6.45) is 2.22. The Morgan fingerprint density at radius 2 is 2.26 bits per heavy atom. The quantitative estimate of drug-likeness (QED) is 0.384. The molecule has 0 saturated heterocycles. The lowest BCUT2D eigenvalue weighted by Crippen LogP contribution is -2.29. The molecule has 0 spiro atoms. The number of hydrogen-bond donors (Lipinski definition) is 3. The number of nitro benzene ring substituents is 1. The van der Waals surface area contributed by atoms with Crippen LogP contribution in [0.1, 0.15) is 18.4 Å². The summed E-state index contributed by atoms with van der Waals surface area (Å²) in [5.74, 6) is 5.43. The van der Waals surface area contributed by atoms with E-state index in [1.54, 1.807) is 6.07 Å². The number of non-ortho nitro benzene ring substituents is 1. The number of benzene rings is 1. The van der Waals surface area contributed by atoms with Crippen molar-refractivity contribution in [3.8, 4) is 0 Å². The highest BCUT2D eigenvalue weighted by Gasteiger charge is 2.29. The van der Waals surface area contributed by atoms with Gasteiger partial charge in [0, 0.05) is 31.3 Å². The van der Waals surface area contributed by atoms with E-state index in [-0.39, 0.29) is 12.3 Å². The number of hydrazine groups is 1. The zero-order valence-electron chi connectivity index (χ0n) is 10.6. The van der Waals surface area contributed by atoms with Crippen LogP contribution in [0.15, 0.2) is 18.2 Å². The van der Waals surface area contributed by atoms with E-state index in [1.165, 1.54) is 12.1 Å². The molecule has 104 valence electrons. The third kappa shape index (κ3) is 3.40. The molecule has 19 heavy (non-hydrogen) atoms. The second-order valence-electron chi connectivity index (χ2n) is 4.67. The Morgan fingerprint density at radius 1 is 1.53 bits per heavy atom. The van der Waals surface area contributed by atoms with Crippen LogP contribution in [0.3, 0.4) is 0 Å². The van der Waals surface area contributed by atoms with Gasteiger partial charge in [0.1, 0.15) is 0 Å². The first-order chi connectivity index (χ1) is 9.15. The number of hydrogen-bond acceptors (Lipinski definition) is 6. The number of rotatable bonds is 7. The molecule has 0 atom stereocenters. The van der Waals surface area contributed by atoms with E-state index in [0.29, 0.717) is 24.8 Å². The number of nitro groups is 1. The van der Waals surface area contributed by atoms with E-state index in [1.807, 2.05) is 0 Å². The normalized spacial score (nSPS) is 14.7. The molecule has 0 amide bonds. The molecule has 1 aromatic rings. The Bertz CT molecular complexity index is 462. The summed E-state index contributed by atoms with van der Waals surface area (Å²) in [4.78, 5) is 12.5. The lowest BCUT2D eigenvalue weighted by Gasteiger charge is -2.22. The fourth-order valence-corrected chi connectivity index (χ4v) is 2.14. The van der Waals surface area contributed by atoms with Crippen LogP contribution < -0.4 is 11.3 Å². The van der Waals surface area contributed by atoms with Gasteiger partial charge in [-0.15, -0.1) is 0 Å². The first-order valence-electron chi connectivity index (χ1n) is 6.24. The van der Waals surface area contributed by atoms with Crippen LogP contribution in [-0.2, 0) is 6.54 Å². The van der Waals surface area contributed by atoms with Gasteiger partial charge < -0.3 is 10.5 Å². The van der Waals surface area contributed by atoms with Crippen molar-refractivity contribution in [3.05, 3.63) is 33.9 Å². The average molecular weight is 266 g/mol. The number of nitrogens with zero attached hydrogens (tertiary/aromatic N) is 2. The molecule has 7 heteroatoms. The minimum absolute atomic E-state index is 0.0498. The first-order valence-corrected chi connectivity index (χ1v) is 6.24. The van der Waals surface area contributed by atoms with Gasteiger partial charge in [-0.3, -0.25) is 20.9 Å². The maximum atomic E-state index is 10.8. The van der Waals surface area contributed by atoms with Crippen LogP contribution in [-0.4, -0.2) is 34.1 Å². The highest BCUT2D eigenvalue weighted by atomic mass is 16.6. The molecule has 0 heterocycles. The molecule has 1 aromatic carbocycles. The number of aliphatic hydroxyl groups excluding tert-OH is 1. The molecule has 2 rings (SSSR count). The minimum atomic E-state index is -0.419. The summed E-state index contributed by atoms with van der Waals surface area (Å²) in [6, 6.07) is 5.03. The Kier molecular flexibility index (Phi) is 4.31. The van der Waals surface area contributed by atoms with Crippen molar-refractivity contribution in [2.45, 2.75) is 25.4 Å². The lowest BCUT2D eigenvalue weighted by molar-refractivity contribution is -0.384. The summed E-state index contributed by atoms with van der Waals surface area (Å²) < 4.78 is 0. The van der Waals surface area contributed by atoms with Crippen molar-refractivity contribution in [1.29, 1.82) is 0 Å². The number of anilines is 1. The average Bonchev–Trinajstić information content (AvgIpc) is 3.22. The molecule has 0 aromatic heterocycles. The van der Waals surface area contributed by atoms with Gasteiger partial charge in [0.25, 0.3) is 5.69 Å². The SMILES string of the molecule is NNc1ccc([N+](=O)[O-])cc1CN(CCO)C1CC1. The summed E-state index contributed by atoms with van der Waals surface area (Å²) in [7, 11) is 0.